The highest BCUT2D eigenvalue weighted by Crippen LogP contribution is 2.25. The van der Waals surface area contributed by atoms with Crippen LogP contribution in [0.5, 0.6) is 5.75 Å². The van der Waals surface area contributed by atoms with Gasteiger partial charge in [-0.3, -0.25) is 0 Å². The van der Waals surface area contributed by atoms with Gasteiger partial charge in [0.1, 0.15) is 17.3 Å². The Morgan fingerprint density at radius 1 is 0.944 bits per heavy atom. The summed E-state index contributed by atoms with van der Waals surface area (Å²) in [6.45, 7) is 0.188. The average Bonchev–Trinajstić information content (AvgIpc) is 2.37. The Morgan fingerprint density at radius 2 is 1.56 bits per heavy atom. The minimum absolute atomic E-state index is 0.0175. The molecular formula is C13H11FO3S. The van der Waals surface area contributed by atoms with Crippen LogP contribution in [0.25, 0.3) is 0 Å². The summed E-state index contributed by atoms with van der Waals surface area (Å²) in [6, 6.07) is 14.9. The molecule has 0 saturated carbocycles. The van der Waals surface area contributed by atoms with Gasteiger partial charge in [0.05, 0.1) is 0 Å². The van der Waals surface area contributed by atoms with Gasteiger partial charge in [-0.25, -0.2) is 0 Å². The van der Waals surface area contributed by atoms with Gasteiger partial charge < -0.3 is 4.74 Å². The minimum atomic E-state index is -4.76. The first-order chi connectivity index (χ1) is 8.57. The Hall–Kier alpha value is -1.88. The van der Waals surface area contributed by atoms with E-state index in [0.717, 1.165) is 5.56 Å². The van der Waals surface area contributed by atoms with Gasteiger partial charge in [-0.1, -0.05) is 42.5 Å². The molecule has 0 unspecified atom stereocenters. The number of hydrogen-bond acceptors (Lipinski definition) is 3. The fourth-order valence-corrected chi connectivity index (χ4v) is 2.11. The van der Waals surface area contributed by atoms with Gasteiger partial charge >= 0.3 is 10.2 Å². The number of halogens is 1. The van der Waals surface area contributed by atoms with Gasteiger partial charge in [-0.2, -0.15) is 8.42 Å². The predicted octanol–water partition coefficient (Wildman–Crippen LogP) is 2.92. The summed E-state index contributed by atoms with van der Waals surface area (Å²) in [5.41, 5.74) is 0.878. The highest BCUT2D eigenvalue weighted by atomic mass is 32.3. The maximum Gasteiger partial charge on any atom is 0.335 e. The van der Waals surface area contributed by atoms with Crippen LogP contribution in [-0.2, 0) is 16.8 Å². The lowest BCUT2D eigenvalue weighted by atomic mass is 10.2. The predicted molar refractivity (Wildman–Crippen MR) is 65.5 cm³/mol. The molecule has 0 atom stereocenters. The molecule has 0 heterocycles. The molecular weight excluding hydrogens is 255 g/mol. The second-order valence-corrected chi connectivity index (χ2v) is 4.97. The van der Waals surface area contributed by atoms with Crippen LogP contribution in [0.3, 0.4) is 0 Å². The zero-order valence-electron chi connectivity index (χ0n) is 9.41. The van der Waals surface area contributed by atoms with Crippen LogP contribution in [0.15, 0.2) is 59.5 Å². The molecule has 94 valence electrons. The third kappa shape index (κ3) is 3.07. The maximum atomic E-state index is 13.0. The topological polar surface area (TPSA) is 43.4 Å². The molecule has 0 radical (unpaired) electrons. The van der Waals surface area contributed by atoms with Gasteiger partial charge in [0.25, 0.3) is 0 Å². The molecule has 0 N–H and O–H groups in total. The fraction of sp³-hybridized carbons (Fsp3) is 0.0769. The molecule has 18 heavy (non-hydrogen) atoms. The third-order valence-corrected chi connectivity index (χ3v) is 3.21. The lowest BCUT2D eigenvalue weighted by Crippen LogP contribution is -2.00. The number of hydrogen-bond donors (Lipinski definition) is 0. The van der Waals surface area contributed by atoms with Crippen LogP contribution in [0, 0.1) is 0 Å². The highest BCUT2D eigenvalue weighted by molar-refractivity contribution is 7.86. The van der Waals surface area contributed by atoms with E-state index in [1.807, 2.05) is 30.3 Å². The van der Waals surface area contributed by atoms with Crippen LogP contribution in [0.2, 0.25) is 0 Å². The van der Waals surface area contributed by atoms with Crippen molar-refractivity contribution >= 4 is 10.2 Å². The Bertz CT molecular complexity index is 624. The van der Waals surface area contributed by atoms with E-state index in [9.17, 15) is 12.3 Å². The molecule has 0 aromatic heterocycles. The van der Waals surface area contributed by atoms with Crippen molar-refractivity contribution < 1.29 is 17.0 Å². The Morgan fingerprint density at radius 3 is 2.22 bits per heavy atom. The third-order valence-electron chi connectivity index (χ3n) is 2.35. The van der Waals surface area contributed by atoms with Crippen molar-refractivity contribution in [3.63, 3.8) is 0 Å². The first kappa shape index (κ1) is 12.6. The number of rotatable bonds is 4. The smallest absolute Gasteiger partial charge is 0.335 e. The molecule has 0 fully saturated rings. The lowest BCUT2D eigenvalue weighted by Gasteiger charge is -2.08. The van der Waals surface area contributed by atoms with E-state index in [1.54, 1.807) is 6.07 Å². The Labute approximate surface area is 105 Å². The summed E-state index contributed by atoms with van der Waals surface area (Å²) in [6.07, 6.45) is 0. The van der Waals surface area contributed by atoms with Gasteiger partial charge in [0.2, 0.25) is 0 Å². The number of para-hydroxylation sites is 1. The number of ether oxygens (including phenoxy) is 1. The molecule has 0 amide bonds. The van der Waals surface area contributed by atoms with E-state index < -0.39 is 15.1 Å². The Kier molecular flexibility index (Phi) is 3.62. The molecule has 2 rings (SSSR count). The Balaban J connectivity index is 2.20. The second-order valence-electron chi connectivity index (χ2n) is 3.66. The van der Waals surface area contributed by atoms with Crippen molar-refractivity contribution in [1.82, 2.24) is 0 Å². The van der Waals surface area contributed by atoms with Crippen LogP contribution in [-0.4, -0.2) is 8.42 Å². The molecule has 0 saturated heterocycles. The summed E-state index contributed by atoms with van der Waals surface area (Å²) in [5, 5.41) is 0. The largest absolute Gasteiger partial charge is 0.487 e. The standard InChI is InChI=1S/C13H11FO3S/c14-18(15,16)13-9-5-4-8-12(13)17-10-11-6-2-1-3-7-11/h1-9H,10H2. The van der Waals surface area contributed by atoms with Crippen molar-refractivity contribution in [2.45, 2.75) is 11.5 Å². The fourth-order valence-electron chi connectivity index (χ4n) is 1.51. The van der Waals surface area contributed by atoms with Crippen molar-refractivity contribution in [1.29, 1.82) is 0 Å². The van der Waals surface area contributed by atoms with Crippen molar-refractivity contribution in [2.24, 2.45) is 0 Å². The molecule has 0 bridgehead atoms. The van der Waals surface area contributed by atoms with E-state index in [0.29, 0.717) is 0 Å². The zero-order valence-corrected chi connectivity index (χ0v) is 10.2. The van der Waals surface area contributed by atoms with Crippen LogP contribution >= 0.6 is 0 Å². The second kappa shape index (κ2) is 5.18. The van der Waals surface area contributed by atoms with E-state index in [-0.39, 0.29) is 12.4 Å². The molecule has 5 heteroatoms. The summed E-state index contributed by atoms with van der Waals surface area (Å²) in [7, 11) is -4.76. The van der Waals surface area contributed by atoms with E-state index in [2.05, 4.69) is 0 Å². The van der Waals surface area contributed by atoms with Crippen molar-refractivity contribution in [3.05, 3.63) is 60.2 Å². The first-order valence-electron chi connectivity index (χ1n) is 5.28. The van der Waals surface area contributed by atoms with Gasteiger partial charge in [0, 0.05) is 0 Å². The van der Waals surface area contributed by atoms with Gasteiger partial charge in [-0.15, -0.1) is 3.89 Å². The van der Waals surface area contributed by atoms with Crippen molar-refractivity contribution in [3.8, 4) is 5.75 Å². The van der Waals surface area contributed by atoms with Gasteiger partial charge in [-0.05, 0) is 17.7 Å². The first-order valence-corrected chi connectivity index (χ1v) is 6.66. The molecule has 3 nitrogen and oxygen atoms in total. The number of benzene rings is 2. The maximum absolute atomic E-state index is 13.0. The molecule has 0 aliphatic heterocycles. The summed E-state index contributed by atoms with van der Waals surface area (Å²) in [4.78, 5) is -0.444. The zero-order chi connectivity index (χ0) is 13.0. The molecule has 0 spiro atoms. The van der Waals surface area contributed by atoms with E-state index >= 15 is 0 Å². The summed E-state index contributed by atoms with van der Waals surface area (Å²) >= 11 is 0. The molecule has 2 aromatic rings. The monoisotopic (exact) mass is 266 g/mol. The van der Waals surface area contributed by atoms with Crippen LogP contribution in [0.4, 0.5) is 3.89 Å². The molecule has 0 aliphatic carbocycles. The normalized spacial score (nSPS) is 11.2. The van der Waals surface area contributed by atoms with Crippen LogP contribution < -0.4 is 4.74 Å². The van der Waals surface area contributed by atoms with E-state index in [4.69, 9.17) is 4.74 Å². The molecule has 2 aromatic carbocycles. The van der Waals surface area contributed by atoms with E-state index in [1.165, 1.54) is 18.2 Å². The quantitative estimate of drug-likeness (QED) is 0.799. The minimum Gasteiger partial charge on any atom is -0.487 e. The van der Waals surface area contributed by atoms with Crippen LogP contribution in [0.1, 0.15) is 5.56 Å². The summed E-state index contributed by atoms with van der Waals surface area (Å²) < 4.78 is 40.2. The highest BCUT2D eigenvalue weighted by Gasteiger charge is 2.17. The van der Waals surface area contributed by atoms with Gasteiger partial charge in [0.15, 0.2) is 0 Å². The average molecular weight is 266 g/mol. The molecule has 0 aliphatic rings. The van der Waals surface area contributed by atoms with Crippen molar-refractivity contribution in [2.75, 3.05) is 0 Å². The SMILES string of the molecule is O=S(=O)(F)c1ccccc1OCc1ccccc1. The lowest BCUT2D eigenvalue weighted by molar-refractivity contribution is 0.297. The summed E-state index contributed by atoms with van der Waals surface area (Å²) in [5.74, 6) is 0.0175.